The highest BCUT2D eigenvalue weighted by Gasteiger charge is 2.42. The van der Waals surface area contributed by atoms with Gasteiger partial charge in [-0.25, -0.2) is 0 Å². The van der Waals surface area contributed by atoms with Crippen LogP contribution in [0.4, 0.5) is 17.1 Å². The molecule has 1 nitrogen and oxygen atoms in total. The molecule has 0 saturated heterocycles. The third-order valence-electron chi connectivity index (χ3n) is 13.8. The van der Waals surface area contributed by atoms with E-state index in [2.05, 4.69) is 233 Å². The number of hydrogen-bond donors (Lipinski definition) is 0. The lowest BCUT2D eigenvalue weighted by molar-refractivity contribution is 0.403. The van der Waals surface area contributed by atoms with Gasteiger partial charge in [0.05, 0.1) is 0 Å². The summed E-state index contributed by atoms with van der Waals surface area (Å²) >= 11 is 1.93. The van der Waals surface area contributed by atoms with Crippen molar-refractivity contribution in [2.45, 2.75) is 44.9 Å². The lowest BCUT2D eigenvalue weighted by Crippen LogP contribution is -2.17. The van der Waals surface area contributed by atoms with Crippen molar-refractivity contribution in [2.75, 3.05) is 4.90 Å². The molecular formula is C61H47NS. The molecule has 0 N–H and O–H groups in total. The molecule has 302 valence electrons. The lowest BCUT2D eigenvalue weighted by atomic mass is 9.82. The zero-order chi connectivity index (χ0) is 42.5. The molecule has 0 unspecified atom stereocenters. The van der Waals surface area contributed by atoms with E-state index < -0.39 is 0 Å². The second-order valence-electron chi connectivity index (χ2n) is 18.8. The molecule has 0 spiro atoms. The van der Waals surface area contributed by atoms with Crippen LogP contribution in [0.2, 0.25) is 0 Å². The van der Waals surface area contributed by atoms with Crippen LogP contribution in [-0.2, 0) is 10.8 Å². The van der Waals surface area contributed by atoms with Crippen LogP contribution in [0.3, 0.4) is 0 Å². The monoisotopic (exact) mass is 825 g/mol. The van der Waals surface area contributed by atoms with Crippen LogP contribution in [0, 0.1) is 0 Å². The average molecular weight is 826 g/mol. The Hall–Kier alpha value is -7.00. The minimum Gasteiger partial charge on any atom is -0.310 e. The normalized spacial score (nSPS) is 14.2. The fourth-order valence-electron chi connectivity index (χ4n) is 11.0. The fourth-order valence-corrected chi connectivity index (χ4v) is 12.2. The minimum absolute atomic E-state index is 0.178. The van der Waals surface area contributed by atoms with Crippen LogP contribution in [0.5, 0.6) is 0 Å². The van der Waals surface area contributed by atoms with Crippen LogP contribution in [0.25, 0.3) is 85.9 Å². The molecule has 0 atom stereocenters. The summed E-state index contributed by atoms with van der Waals surface area (Å²) in [7, 11) is 0. The quantitative estimate of drug-likeness (QED) is 0.151. The van der Waals surface area contributed by atoms with Crippen molar-refractivity contribution >= 4 is 80.9 Å². The van der Waals surface area contributed by atoms with E-state index in [0.717, 1.165) is 17.1 Å². The van der Waals surface area contributed by atoms with Gasteiger partial charge in [0.25, 0.3) is 0 Å². The molecule has 0 fully saturated rings. The summed E-state index contributed by atoms with van der Waals surface area (Å²) in [6.07, 6.45) is 1.18. The molecule has 0 radical (unpaired) electrons. The SMILES string of the molecule is CC1(C)CC(C)(C)c2cc3c(cc21)sc1cc(-c2cccc(N(c4ccc(-c5ccccc5)cc4)c4ccc(-c5ccc6c7ccccc7c7ccccc7c6c5)cc4)c2)ccc13. The second kappa shape index (κ2) is 14.3. The maximum atomic E-state index is 2.51. The Bertz CT molecular complexity index is 3540. The highest BCUT2D eigenvalue weighted by atomic mass is 32.1. The van der Waals surface area contributed by atoms with E-state index in [1.54, 1.807) is 0 Å². The molecule has 10 aromatic carbocycles. The van der Waals surface area contributed by atoms with E-state index >= 15 is 0 Å². The number of benzene rings is 10. The summed E-state index contributed by atoms with van der Waals surface area (Å²) in [6, 6.07) is 74.5. The average Bonchev–Trinajstić information content (AvgIpc) is 3.77. The predicted octanol–water partition coefficient (Wildman–Crippen LogP) is 17.9. The minimum atomic E-state index is 0.178. The summed E-state index contributed by atoms with van der Waals surface area (Å²) in [5.74, 6) is 0. The van der Waals surface area contributed by atoms with Crippen LogP contribution in [0.15, 0.2) is 200 Å². The summed E-state index contributed by atoms with van der Waals surface area (Å²) in [6.45, 7) is 9.64. The number of nitrogens with zero attached hydrogens (tertiary/aromatic N) is 1. The van der Waals surface area contributed by atoms with Crippen molar-refractivity contribution < 1.29 is 0 Å². The lowest BCUT2D eigenvalue weighted by Gasteiger charge is -2.26. The number of fused-ring (bicyclic) bond motifs is 10. The summed E-state index contributed by atoms with van der Waals surface area (Å²) in [5, 5.41) is 10.5. The van der Waals surface area contributed by atoms with Gasteiger partial charge in [-0.05, 0) is 155 Å². The Morgan fingerprint density at radius 3 is 1.40 bits per heavy atom. The Morgan fingerprint density at radius 1 is 0.317 bits per heavy atom. The Morgan fingerprint density at radius 2 is 0.762 bits per heavy atom. The summed E-state index contributed by atoms with van der Waals surface area (Å²) < 4.78 is 2.73. The van der Waals surface area contributed by atoms with Gasteiger partial charge < -0.3 is 4.90 Å². The fraction of sp³-hybridized carbons (Fsp3) is 0.115. The molecule has 1 heterocycles. The molecular weight excluding hydrogens is 779 g/mol. The van der Waals surface area contributed by atoms with E-state index in [1.165, 1.54) is 103 Å². The first-order valence-corrected chi connectivity index (χ1v) is 23.0. The molecule has 2 heteroatoms. The van der Waals surface area contributed by atoms with Crippen LogP contribution in [0.1, 0.15) is 45.2 Å². The first-order valence-electron chi connectivity index (χ1n) is 22.2. The Kier molecular flexibility index (Phi) is 8.55. The molecule has 63 heavy (non-hydrogen) atoms. The van der Waals surface area contributed by atoms with Crippen molar-refractivity contribution in [3.05, 3.63) is 211 Å². The van der Waals surface area contributed by atoms with Gasteiger partial charge in [0.2, 0.25) is 0 Å². The molecule has 12 rings (SSSR count). The van der Waals surface area contributed by atoms with E-state index in [0.29, 0.717) is 0 Å². The van der Waals surface area contributed by atoms with Gasteiger partial charge in [-0.1, -0.05) is 167 Å². The molecule has 0 saturated carbocycles. The standard InChI is InChI=1S/C61H47NS/c1-60(2)38-61(3,4)57-37-59-55(36-56(57)60)53-32-26-44(35-58(53)63-59)42-15-12-16-47(33-42)62(45-27-21-40(22-28-45)39-13-6-5-7-14-39)46-29-23-41(24-30-46)43-25-31-52-50-19-9-8-17-48(50)49-18-10-11-20-51(49)54(52)34-43/h5-37H,38H2,1-4H3. The number of hydrogen-bond acceptors (Lipinski definition) is 2. The number of rotatable bonds is 6. The molecule has 1 aliphatic rings. The maximum absolute atomic E-state index is 2.51. The summed E-state index contributed by atoms with van der Waals surface area (Å²) in [4.78, 5) is 2.39. The second-order valence-corrected chi connectivity index (χ2v) is 19.9. The van der Waals surface area contributed by atoms with E-state index in [4.69, 9.17) is 0 Å². The van der Waals surface area contributed by atoms with Crippen molar-refractivity contribution in [3.63, 3.8) is 0 Å². The Balaban J connectivity index is 0.941. The van der Waals surface area contributed by atoms with Gasteiger partial charge in [-0.15, -0.1) is 11.3 Å². The van der Waals surface area contributed by atoms with Crippen molar-refractivity contribution in [1.82, 2.24) is 0 Å². The molecule has 0 amide bonds. The zero-order valence-electron chi connectivity index (χ0n) is 36.1. The molecule has 1 aromatic heterocycles. The van der Waals surface area contributed by atoms with Crippen LogP contribution in [-0.4, -0.2) is 0 Å². The van der Waals surface area contributed by atoms with E-state index in [9.17, 15) is 0 Å². The third kappa shape index (κ3) is 6.27. The van der Waals surface area contributed by atoms with Gasteiger partial charge >= 0.3 is 0 Å². The highest BCUT2D eigenvalue weighted by molar-refractivity contribution is 7.25. The first-order chi connectivity index (χ1) is 30.7. The first kappa shape index (κ1) is 37.7. The number of anilines is 3. The van der Waals surface area contributed by atoms with Gasteiger partial charge in [0.1, 0.15) is 0 Å². The van der Waals surface area contributed by atoms with Gasteiger partial charge in [0.15, 0.2) is 0 Å². The predicted molar refractivity (Wildman–Crippen MR) is 274 cm³/mol. The highest BCUT2D eigenvalue weighted by Crippen LogP contribution is 2.52. The number of thiophene rings is 1. The zero-order valence-corrected chi connectivity index (χ0v) is 36.9. The van der Waals surface area contributed by atoms with Crippen molar-refractivity contribution in [1.29, 1.82) is 0 Å². The Labute approximate surface area is 373 Å². The largest absolute Gasteiger partial charge is 0.310 e. The van der Waals surface area contributed by atoms with Crippen LogP contribution >= 0.6 is 11.3 Å². The molecule has 0 aliphatic heterocycles. The van der Waals surface area contributed by atoms with E-state index in [1.807, 2.05) is 11.3 Å². The van der Waals surface area contributed by atoms with Crippen molar-refractivity contribution in [3.8, 4) is 33.4 Å². The van der Waals surface area contributed by atoms with E-state index in [-0.39, 0.29) is 10.8 Å². The molecule has 1 aliphatic carbocycles. The third-order valence-corrected chi connectivity index (χ3v) is 14.9. The van der Waals surface area contributed by atoms with Gasteiger partial charge in [-0.3, -0.25) is 0 Å². The molecule has 11 aromatic rings. The topological polar surface area (TPSA) is 3.24 Å². The van der Waals surface area contributed by atoms with Gasteiger partial charge in [0, 0.05) is 37.2 Å². The maximum Gasteiger partial charge on any atom is 0.0467 e. The molecule has 0 bridgehead atoms. The summed E-state index contributed by atoms with van der Waals surface area (Å²) in [5.41, 5.74) is 14.0. The van der Waals surface area contributed by atoms with Gasteiger partial charge in [-0.2, -0.15) is 0 Å². The van der Waals surface area contributed by atoms with Crippen LogP contribution < -0.4 is 4.90 Å². The smallest absolute Gasteiger partial charge is 0.0467 e. The van der Waals surface area contributed by atoms with Crippen molar-refractivity contribution in [2.24, 2.45) is 0 Å².